The molecular formula is C19H22N2O5S. The first kappa shape index (κ1) is 20.6. The Hall–Kier alpha value is -2.71. The summed E-state index contributed by atoms with van der Waals surface area (Å²) in [6.07, 6.45) is 0. The van der Waals surface area contributed by atoms with E-state index in [4.69, 9.17) is 9.88 Å². The topological polar surface area (TPSA) is 116 Å². The lowest BCUT2D eigenvalue weighted by atomic mass is 10.1. The third-order valence-electron chi connectivity index (χ3n) is 4.02. The normalized spacial score (nSPS) is 12.3. The van der Waals surface area contributed by atoms with Crippen molar-refractivity contribution in [2.75, 3.05) is 6.61 Å². The standard InChI is InChI=1S/C19H22N2O5S/c1-12-4-9-17(13(2)10-12)19(23)26-11-18(22)21-14(3)15-5-7-16(8-6-15)27(20,24)25/h4-10,14H,11H2,1-3H3,(H,21,22)(H2,20,24,25)/t14-/m0/s1. The predicted octanol–water partition coefficient (Wildman–Crippen LogP) is 1.99. The Kier molecular flexibility index (Phi) is 6.35. The highest BCUT2D eigenvalue weighted by molar-refractivity contribution is 7.89. The minimum Gasteiger partial charge on any atom is -0.452 e. The van der Waals surface area contributed by atoms with Gasteiger partial charge in [-0.1, -0.05) is 29.8 Å². The van der Waals surface area contributed by atoms with E-state index in [9.17, 15) is 18.0 Å². The van der Waals surface area contributed by atoms with Gasteiger partial charge in [-0.15, -0.1) is 0 Å². The van der Waals surface area contributed by atoms with Gasteiger partial charge in [0.25, 0.3) is 5.91 Å². The molecule has 0 unspecified atom stereocenters. The predicted molar refractivity (Wildman–Crippen MR) is 101 cm³/mol. The van der Waals surface area contributed by atoms with Gasteiger partial charge in [-0.05, 0) is 50.1 Å². The zero-order chi connectivity index (χ0) is 20.2. The van der Waals surface area contributed by atoms with Crippen LogP contribution in [0.1, 0.15) is 40.0 Å². The van der Waals surface area contributed by atoms with Crippen LogP contribution in [0.3, 0.4) is 0 Å². The third-order valence-corrected chi connectivity index (χ3v) is 4.95. The van der Waals surface area contributed by atoms with Gasteiger partial charge in [-0.2, -0.15) is 0 Å². The molecule has 0 bridgehead atoms. The molecule has 3 N–H and O–H groups in total. The van der Waals surface area contributed by atoms with E-state index in [1.165, 1.54) is 12.1 Å². The van der Waals surface area contributed by atoms with E-state index in [1.807, 2.05) is 13.0 Å². The summed E-state index contributed by atoms with van der Waals surface area (Å²) >= 11 is 0. The number of rotatable bonds is 6. The first-order chi connectivity index (χ1) is 12.6. The summed E-state index contributed by atoms with van der Waals surface area (Å²) in [6.45, 7) is 5.05. The van der Waals surface area contributed by atoms with Crippen molar-refractivity contribution in [1.82, 2.24) is 5.32 Å². The number of amides is 1. The van der Waals surface area contributed by atoms with Crippen molar-refractivity contribution in [3.63, 3.8) is 0 Å². The van der Waals surface area contributed by atoms with Crippen LogP contribution in [0, 0.1) is 13.8 Å². The van der Waals surface area contributed by atoms with Gasteiger partial charge in [-0.3, -0.25) is 4.79 Å². The molecule has 0 heterocycles. The number of aryl methyl sites for hydroxylation is 2. The molecule has 0 saturated carbocycles. The third kappa shape index (κ3) is 5.63. The summed E-state index contributed by atoms with van der Waals surface area (Å²) in [4.78, 5) is 24.1. The number of esters is 1. The smallest absolute Gasteiger partial charge is 0.338 e. The molecule has 144 valence electrons. The van der Waals surface area contributed by atoms with E-state index >= 15 is 0 Å². The molecule has 0 fully saturated rings. The summed E-state index contributed by atoms with van der Waals surface area (Å²) in [5.41, 5.74) is 2.92. The van der Waals surface area contributed by atoms with Crippen molar-refractivity contribution < 1.29 is 22.7 Å². The highest BCUT2D eigenvalue weighted by atomic mass is 32.2. The van der Waals surface area contributed by atoms with Crippen molar-refractivity contribution in [2.45, 2.75) is 31.7 Å². The molecule has 0 aliphatic carbocycles. The molecule has 0 saturated heterocycles. The summed E-state index contributed by atoms with van der Waals surface area (Å²) in [6, 6.07) is 10.8. The van der Waals surface area contributed by atoms with Crippen LogP contribution in [0.2, 0.25) is 0 Å². The van der Waals surface area contributed by atoms with Crippen molar-refractivity contribution >= 4 is 21.9 Å². The summed E-state index contributed by atoms with van der Waals surface area (Å²) in [5, 5.41) is 7.74. The summed E-state index contributed by atoms with van der Waals surface area (Å²) in [7, 11) is -3.76. The molecule has 27 heavy (non-hydrogen) atoms. The maximum absolute atomic E-state index is 12.1. The molecule has 0 aromatic heterocycles. The SMILES string of the molecule is Cc1ccc(C(=O)OCC(=O)N[C@@H](C)c2ccc(S(N)(=O)=O)cc2)c(C)c1. The van der Waals surface area contributed by atoms with Gasteiger partial charge < -0.3 is 10.1 Å². The van der Waals surface area contributed by atoms with Gasteiger partial charge in [0, 0.05) is 0 Å². The number of benzene rings is 2. The van der Waals surface area contributed by atoms with E-state index in [0.717, 1.165) is 11.1 Å². The van der Waals surface area contributed by atoms with Gasteiger partial charge >= 0.3 is 5.97 Å². The van der Waals surface area contributed by atoms with Crippen LogP contribution in [-0.4, -0.2) is 26.9 Å². The second-order valence-electron chi connectivity index (χ2n) is 6.30. The number of primary sulfonamides is 1. The quantitative estimate of drug-likeness (QED) is 0.732. The lowest BCUT2D eigenvalue weighted by Gasteiger charge is -2.15. The molecule has 2 aromatic carbocycles. The minimum absolute atomic E-state index is 0.00725. The van der Waals surface area contributed by atoms with Gasteiger partial charge in [0.2, 0.25) is 10.0 Å². The number of sulfonamides is 1. The second kappa shape index (κ2) is 8.32. The molecule has 1 amide bonds. The number of carbonyl (C=O) groups is 2. The second-order valence-corrected chi connectivity index (χ2v) is 7.86. The molecular weight excluding hydrogens is 368 g/mol. The van der Waals surface area contributed by atoms with Crippen LogP contribution in [0.4, 0.5) is 0 Å². The lowest BCUT2D eigenvalue weighted by molar-refractivity contribution is -0.124. The van der Waals surface area contributed by atoms with E-state index in [2.05, 4.69) is 5.32 Å². The number of hydrogen-bond acceptors (Lipinski definition) is 5. The molecule has 1 atom stereocenters. The van der Waals surface area contributed by atoms with Crippen molar-refractivity contribution in [3.8, 4) is 0 Å². The molecule has 0 aliphatic heterocycles. The van der Waals surface area contributed by atoms with E-state index in [0.29, 0.717) is 11.1 Å². The van der Waals surface area contributed by atoms with Crippen molar-refractivity contribution in [2.24, 2.45) is 5.14 Å². The van der Waals surface area contributed by atoms with Crippen LogP contribution in [-0.2, 0) is 19.6 Å². The highest BCUT2D eigenvalue weighted by Crippen LogP contribution is 2.16. The number of carbonyl (C=O) groups excluding carboxylic acids is 2. The van der Waals surface area contributed by atoms with E-state index in [1.54, 1.807) is 38.1 Å². The average molecular weight is 390 g/mol. The molecule has 0 radical (unpaired) electrons. The van der Waals surface area contributed by atoms with Gasteiger partial charge in [-0.25, -0.2) is 18.4 Å². The Labute approximate surface area is 158 Å². The largest absolute Gasteiger partial charge is 0.452 e. The van der Waals surface area contributed by atoms with Crippen molar-refractivity contribution in [1.29, 1.82) is 0 Å². The maximum Gasteiger partial charge on any atom is 0.338 e. The molecule has 7 nitrogen and oxygen atoms in total. The highest BCUT2D eigenvalue weighted by Gasteiger charge is 2.15. The average Bonchev–Trinajstić information content (AvgIpc) is 2.59. The minimum atomic E-state index is -3.76. The van der Waals surface area contributed by atoms with E-state index in [-0.39, 0.29) is 4.90 Å². The number of nitrogens with two attached hydrogens (primary N) is 1. The van der Waals surface area contributed by atoms with Gasteiger partial charge in [0.1, 0.15) is 0 Å². The van der Waals surface area contributed by atoms with Crippen LogP contribution in [0.5, 0.6) is 0 Å². The first-order valence-corrected chi connectivity index (χ1v) is 9.79. The fraction of sp³-hybridized carbons (Fsp3) is 0.263. The van der Waals surface area contributed by atoms with Crippen LogP contribution in [0.25, 0.3) is 0 Å². The molecule has 0 spiro atoms. The van der Waals surface area contributed by atoms with Gasteiger partial charge in [0.05, 0.1) is 16.5 Å². The fourth-order valence-electron chi connectivity index (χ4n) is 2.56. The Morgan fingerprint density at radius 2 is 1.74 bits per heavy atom. The number of hydrogen-bond donors (Lipinski definition) is 2. The Morgan fingerprint density at radius 3 is 2.30 bits per heavy atom. The zero-order valence-electron chi connectivity index (χ0n) is 15.4. The fourth-order valence-corrected chi connectivity index (χ4v) is 3.08. The van der Waals surface area contributed by atoms with Crippen LogP contribution in [0.15, 0.2) is 47.4 Å². The molecule has 2 rings (SSSR count). The first-order valence-electron chi connectivity index (χ1n) is 8.24. The lowest BCUT2D eigenvalue weighted by Crippen LogP contribution is -2.31. The molecule has 0 aliphatic rings. The molecule has 8 heteroatoms. The van der Waals surface area contributed by atoms with Crippen LogP contribution >= 0.6 is 0 Å². The molecule has 2 aromatic rings. The van der Waals surface area contributed by atoms with E-state index < -0.39 is 34.5 Å². The van der Waals surface area contributed by atoms with Crippen molar-refractivity contribution in [3.05, 3.63) is 64.7 Å². The monoisotopic (exact) mass is 390 g/mol. The van der Waals surface area contributed by atoms with Gasteiger partial charge in [0.15, 0.2) is 6.61 Å². The number of nitrogens with one attached hydrogen (secondary N) is 1. The zero-order valence-corrected chi connectivity index (χ0v) is 16.2. The Balaban J connectivity index is 1.92. The Bertz CT molecular complexity index is 953. The maximum atomic E-state index is 12.1. The summed E-state index contributed by atoms with van der Waals surface area (Å²) in [5.74, 6) is -1.02. The van der Waals surface area contributed by atoms with Crippen LogP contribution < -0.4 is 10.5 Å². The Morgan fingerprint density at radius 1 is 1.11 bits per heavy atom. The summed E-state index contributed by atoms with van der Waals surface area (Å²) < 4.78 is 27.6. The number of ether oxygens (including phenoxy) is 1.